The minimum Gasteiger partial charge on any atom is -0.354 e. The number of amides is 2. The predicted molar refractivity (Wildman–Crippen MR) is 176 cm³/mol. The lowest BCUT2D eigenvalue weighted by atomic mass is 10.0. The van der Waals surface area contributed by atoms with E-state index in [9.17, 15) is 18.0 Å². The highest BCUT2D eigenvalue weighted by Crippen LogP contribution is 2.28. The Morgan fingerprint density at radius 1 is 0.907 bits per heavy atom. The highest BCUT2D eigenvalue weighted by molar-refractivity contribution is 7.92. The van der Waals surface area contributed by atoms with E-state index < -0.39 is 16.1 Å². The van der Waals surface area contributed by atoms with E-state index in [4.69, 9.17) is 23.2 Å². The first-order valence-corrected chi connectivity index (χ1v) is 17.1. The summed E-state index contributed by atoms with van der Waals surface area (Å²) in [6.45, 7) is 6.51. The van der Waals surface area contributed by atoms with Crippen LogP contribution in [0.15, 0.2) is 66.7 Å². The number of halogens is 2. The van der Waals surface area contributed by atoms with Crippen molar-refractivity contribution in [3.63, 3.8) is 0 Å². The number of carbonyl (C=O) groups excluding carboxylic acids is 2. The van der Waals surface area contributed by atoms with E-state index in [2.05, 4.69) is 5.32 Å². The quantitative estimate of drug-likeness (QED) is 0.186. The SMILES string of the molecule is CCCCNC(=O)[C@H](Cc1ccccc1)N(Cc1c(Cl)cccc1Cl)C(=O)CCCN(c1cc(C)cc(C)c1)S(C)(=O)=O. The molecule has 0 aliphatic heterocycles. The van der Waals surface area contributed by atoms with E-state index in [1.807, 2.05) is 69.3 Å². The van der Waals surface area contributed by atoms with Gasteiger partial charge in [0.15, 0.2) is 0 Å². The van der Waals surface area contributed by atoms with E-state index in [1.165, 1.54) is 9.21 Å². The topological polar surface area (TPSA) is 86.8 Å². The van der Waals surface area contributed by atoms with Crippen molar-refractivity contribution in [2.24, 2.45) is 0 Å². The normalized spacial score (nSPS) is 12.0. The van der Waals surface area contributed by atoms with Crippen LogP contribution in [-0.2, 0) is 32.6 Å². The number of hydrogen-bond acceptors (Lipinski definition) is 4. The smallest absolute Gasteiger partial charge is 0.243 e. The maximum atomic E-state index is 14.0. The summed E-state index contributed by atoms with van der Waals surface area (Å²) in [5.41, 5.74) is 3.90. The summed E-state index contributed by atoms with van der Waals surface area (Å²) in [5.74, 6) is -0.557. The Bertz CT molecular complexity index is 1460. The van der Waals surface area contributed by atoms with Gasteiger partial charge in [0.05, 0.1) is 11.9 Å². The van der Waals surface area contributed by atoms with E-state index >= 15 is 0 Å². The summed E-state index contributed by atoms with van der Waals surface area (Å²) in [7, 11) is -3.60. The van der Waals surface area contributed by atoms with Gasteiger partial charge in [-0.15, -0.1) is 0 Å². The third kappa shape index (κ3) is 10.3. The molecule has 0 unspecified atom stereocenters. The molecule has 0 fully saturated rings. The van der Waals surface area contributed by atoms with Crippen LogP contribution in [0.4, 0.5) is 5.69 Å². The highest BCUT2D eigenvalue weighted by Gasteiger charge is 2.31. The second kappa shape index (κ2) is 16.1. The molecule has 3 aromatic carbocycles. The molecule has 232 valence electrons. The maximum Gasteiger partial charge on any atom is 0.243 e. The van der Waals surface area contributed by atoms with Crippen LogP contribution in [0.3, 0.4) is 0 Å². The van der Waals surface area contributed by atoms with Crippen molar-refractivity contribution in [2.45, 2.75) is 65.5 Å². The molecule has 0 radical (unpaired) electrons. The summed E-state index contributed by atoms with van der Waals surface area (Å²) in [5, 5.41) is 3.79. The van der Waals surface area contributed by atoms with Gasteiger partial charge in [-0.2, -0.15) is 0 Å². The summed E-state index contributed by atoms with van der Waals surface area (Å²) >= 11 is 13.0. The first-order chi connectivity index (χ1) is 20.4. The Balaban J connectivity index is 1.93. The molecule has 7 nitrogen and oxygen atoms in total. The third-order valence-electron chi connectivity index (χ3n) is 7.14. The monoisotopic (exact) mass is 645 g/mol. The molecular weight excluding hydrogens is 605 g/mol. The molecule has 3 rings (SSSR count). The van der Waals surface area contributed by atoms with Crippen molar-refractivity contribution in [3.8, 4) is 0 Å². The van der Waals surface area contributed by atoms with Crippen molar-refractivity contribution >= 4 is 50.7 Å². The van der Waals surface area contributed by atoms with Crippen LogP contribution in [0.1, 0.15) is 54.9 Å². The van der Waals surface area contributed by atoms with Crippen LogP contribution in [0, 0.1) is 13.8 Å². The number of unbranched alkanes of at least 4 members (excludes halogenated alkanes) is 1. The van der Waals surface area contributed by atoms with Crippen molar-refractivity contribution in [1.29, 1.82) is 0 Å². The Hall–Kier alpha value is -3.07. The number of benzene rings is 3. The molecule has 0 saturated heterocycles. The van der Waals surface area contributed by atoms with Crippen LogP contribution in [0.5, 0.6) is 0 Å². The second-order valence-corrected chi connectivity index (χ2v) is 13.6. The number of aryl methyl sites for hydroxylation is 2. The molecule has 0 bridgehead atoms. The zero-order valence-electron chi connectivity index (χ0n) is 25.3. The zero-order chi connectivity index (χ0) is 31.6. The number of sulfonamides is 1. The number of rotatable bonds is 15. The van der Waals surface area contributed by atoms with Crippen molar-refractivity contribution in [3.05, 3.63) is 99.0 Å². The Morgan fingerprint density at radius 3 is 2.12 bits per heavy atom. The van der Waals surface area contributed by atoms with Gasteiger partial charge < -0.3 is 10.2 Å². The maximum absolute atomic E-state index is 14.0. The van der Waals surface area contributed by atoms with Gasteiger partial charge in [-0.25, -0.2) is 8.42 Å². The molecule has 1 atom stereocenters. The van der Waals surface area contributed by atoms with Crippen LogP contribution in [0.2, 0.25) is 10.0 Å². The molecule has 0 spiro atoms. The molecule has 10 heteroatoms. The minimum atomic E-state index is -3.60. The largest absolute Gasteiger partial charge is 0.354 e. The Morgan fingerprint density at radius 2 is 1.53 bits per heavy atom. The van der Waals surface area contributed by atoms with Gasteiger partial charge in [-0.05, 0) is 67.6 Å². The lowest BCUT2D eigenvalue weighted by molar-refractivity contribution is -0.141. The fourth-order valence-electron chi connectivity index (χ4n) is 5.01. The molecule has 0 aromatic heterocycles. The number of hydrogen-bond donors (Lipinski definition) is 1. The predicted octanol–water partition coefficient (Wildman–Crippen LogP) is 6.71. The molecule has 2 amide bonds. The highest BCUT2D eigenvalue weighted by atomic mass is 35.5. The molecule has 0 saturated carbocycles. The van der Waals surface area contributed by atoms with Crippen LogP contribution >= 0.6 is 23.2 Å². The van der Waals surface area contributed by atoms with Gasteiger partial charge in [0, 0.05) is 48.1 Å². The van der Waals surface area contributed by atoms with Gasteiger partial charge in [0.25, 0.3) is 0 Å². The van der Waals surface area contributed by atoms with Crippen molar-refractivity contribution in [2.75, 3.05) is 23.7 Å². The molecule has 1 N–H and O–H groups in total. The van der Waals surface area contributed by atoms with E-state index in [-0.39, 0.29) is 37.7 Å². The average Bonchev–Trinajstić information content (AvgIpc) is 2.93. The van der Waals surface area contributed by atoms with E-state index in [0.29, 0.717) is 34.3 Å². The van der Waals surface area contributed by atoms with Gasteiger partial charge in [-0.3, -0.25) is 13.9 Å². The molecular formula is C33H41Cl2N3O4S. The van der Waals surface area contributed by atoms with Gasteiger partial charge in [0.1, 0.15) is 6.04 Å². The molecule has 0 aliphatic carbocycles. The first-order valence-electron chi connectivity index (χ1n) is 14.5. The van der Waals surface area contributed by atoms with Crippen molar-refractivity contribution in [1.82, 2.24) is 10.2 Å². The summed E-state index contributed by atoms with van der Waals surface area (Å²) in [4.78, 5) is 29.2. The summed E-state index contributed by atoms with van der Waals surface area (Å²) in [6, 6.07) is 19.4. The number of nitrogens with one attached hydrogen (secondary N) is 1. The average molecular weight is 647 g/mol. The van der Waals surface area contributed by atoms with Crippen LogP contribution in [0.25, 0.3) is 0 Å². The molecule has 43 heavy (non-hydrogen) atoms. The van der Waals surface area contributed by atoms with E-state index in [0.717, 1.165) is 35.8 Å². The number of nitrogens with zero attached hydrogens (tertiary/aromatic N) is 2. The summed E-state index contributed by atoms with van der Waals surface area (Å²) in [6.07, 6.45) is 3.46. The molecule has 3 aromatic rings. The Labute approximate surface area is 266 Å². The standard InChI is InChI=1S/C33H41Cl2N3O4S/c1-5-6-17-36-33(40)31(22-26-12-8-7-9-13-26)37(23-28-29(34)14-10-15-30(28)35)32(39)16-11-18-38(43(4,41)42)27-20-24(2)19-25(3)21-27/h7-10,12-15,19-21,31H,5-6,11,16-18,22-23H2,1-4H3,(H,36,40)/t31-/m0/s1. The fourth-order valence-corrected chi connectivity index (χ4v) is 6.48. The minimum absolute atomic E-state index is 0.0203. The van der Waals surface area contributed by atoms with Gasteiger partial charge in [0.2, 0.25) is 21.8 Å². The van der Waals surface area contributed by atoms with Crippen molar-refractivity contribution < 1.29 is 18.0 Å². The van der Waals surface area contributed by atoms with E-state index in [1.54, 1.807) is 18.2 Å². The number of carbonyl (C=O) groups is 2. The molecule has 0 heterocycles. The Kier molecular flexibility index (Phi) is 12.9. The van der Waals surface area contributed by atoms with Crippen LogP contribution in [-0.4, -0.2) is 50.5 Å². The van der Waals surface area contributed by atoms with Gasteiger partial charge >= 0.3 is 0 Å². The lowest BCUT2D eigenvalue weighted by Gasteiger charge is -2.32. The number of anilines is 1. The van der Waals surface area contributed by atoms with Gasteiger partial charge in [-0.1, -0.05) is 79.0 Å². The summed E-state index contributed by atoms with van der Waals surface area (Å²) < 4.78 is 26.8. The second-order valence-electron chi connectivity index (χ2n) is 10.9. The third-order valence-corrected chi connectivity index (χ3v) is 9.04. The fraction of sp³-hybridized carbons (Fsp3) is 0.394. The lowest BCUT2D eigenvalue weighted by Crippen LogP contribution is -2.50. The molecule has 0 aliphatic rings. The zero-order valence-corrected chi connectivity index (χ0v) is 27.6. The van der Waals surface area contributed by atoms with Crippen LogP contribution < -0.4 is 9.62 Å². The first kappa shape index (κ1) is 34.4.